The van der Waals surface area contributed by atoms with Crippen molar-refractivity contribution in [2.45, 2.75) is 0 Å². The molecule has 0 saturated carbocycles. The molecule has 78 valence electrons. The molecule has 0 aromatic rings. The zero-order valence-corrected chi connectivity index (χ0v) is 12.2. The van der Waals surface area contributed by atoms with Gasteiger partial charge in [-0.25, -0.2) is 0 Å². The van der Waals surface area contributed by atoms with Crippen molar-refractivity contribution in [1.82, 2.24) is 0 Å². The van der Waals surface area contributed by atoms with Gasteiger partial charge in [-0.1, -0.05) is 0 Å². The SMILES string of the molecule is O.O.O.O.O.O.[Ba+2].[Mn].[Mn].[OH-].[OH-]. The van der Waals surface area contributed by atoms with Gasteiger partial charge in [0.15, 0.2) is 0 Å². The Bertz CT molecular complexity index is 12.1. The third-order valence-corrected chi connectivity index (χ3v) is 0. The summed E-state index contributed by atoms with van der Waals surface area (Å²) in [7, 11) is 0. The maximum Gasteiger partial charge on any atom is 2.00 e. The fourth-order valence-electron chi connectivity index (χ4n) is 0. The molecule has 0 saturated heterocycles. The van der Waals surface area contributed by atoms with E-state index in [2.05, 4.69) is 0 Å². The van der Waals surface area contributed by atoms with E-state index in [-0.39, 0.29) is 127 Å². The van der Waals surface area contributed by atoms with Crippen LogP contribution in [0.3, 0.4) is 0 Å². The predicted octanol–water partition coefficient (Wildman–Crippen LogP) is -5.69. The van der Waals surface area contributed by atoms with E-state index in [4.69, 9.17) is 0 Å². The molecule has 0 rings (SSSR count). The molecule has 0 spiro atoms. The van der Waals surface area contributed by atoms with Gasteiger partial charge >= 0.3 is 48.9 Å². The summed E-state index contributed by atoms with van der Waals surface area (Å²) in [6, 6.07) is 0. The molecule has 2 radical (unpaired) electrons. The van der Waals surface area contributed by atoms with Gasteiger partial charge < -0.3 is 43.8 Å². The summed E-state index contributed by atoms with van der Waals surface area (Å²) in [6.45, 7) is 0. The molecule has 11 heavy (non-hydrogen) atoms. The van der Waals surface area contributed by atoms with E-state index in [9.17, 15) is 0 Å². The maximum atomic E-state index is 0. The zero-order valence-electron chi connectivity index (χ0n) is 5.36. The van der Waals surface area contributed by atoms with Crippen LogP contribution in [0, 0.1) is 0 Å². The van der Waals surface area contributed by atoms with Crippen molar-refractivity contribution in [1.29, 1.82) is 0 Å². The van der Waals surface area contributed by atoms with E-state index in [1.54, 1.807) is 0 Å². The summed E-state index contributed by atoms with van der Waals surface area (Å²) in [5.41, 5.74) is 0. The second-order valence-corrected chi connectivity index (χ2v) is 0. The number of rotatable bonds is 0. The van der Waals surface area contributed by atoms with Crippen molar-refractivity contribution in [3.8, 4) is 0 Å². The van der Waals surface area contributed by atoms with Crippen LogP contribution in [-0.2, 0) is 34.1 Å². The van der Waals surface area contributed by atoms with E-state index in [0.717, 1.165) is 0 Å². The van der Waals surface area contributed by atoms with Gasteiger partial charge in [0.25, 0.3) is 0 Å². The molecule has 0 aromatic carbocycles. The molecule has 0 aromatic heterocycles. The van der Waals surface area contributed by atoms with Crippen molar-refractivity contribution in [3.63, 3.8) is 0 Å². The van der Waals surface area contributed by atoms with Crippen molar-refractivity contribution in [2.75, 3.05) is 0 Å². The third kappa shape index (κ3) is 248. The first-order chi connectivity index (χ1) is 0. The second-order valence-electron chi connectivity index (χ2n) is 0. The minimum Gasteiger partial charge on any atom is -0.870 e. The van der Waals surface area contributed by atoms with E-state index in [1.807, 2.05) is 0 Å². The van der Waals surface area contributed by atoms with Crippen LogP contribution >= 0.6 is 0 Å². The largest absolute Gasteiger partial charge is 2.00 e. The molecule has 0 aliphatic rings. The first-order valence-electron chi connectivity index (χ1n) is 0. The molecule has 0 heterocycles. The molecule has 0 aliphatic carbocycles. The van der Waals surface area contributed by atoms with Crippen LogP contribution in [0.1, 0.15) is 0 Å². The average Bonchev–Trinajstić information content (AvgIpc) is 0. The average molecular weight is 389 g/mol. The van der Waals surface area contributed by atoms with Crippen molar-refractivity contribution >= 4 is 48.9 Å². The van der Waals surface area contributed by atoms with Gasteiger partial charge in [-0.2, -0.15) is 0 Å². The molecular formula is H14BaMn2O8. The standard InChI is InChI=1S/Ba.2Mn.8H2O/h;;;8*1H2/q+2;;;;;;;;;;/p-2. The molecule has 0 fully saturated rings. The smallest absolute Gasteiger partial charge is 0.870 e. The normalized spacial score (nSPS) is 0. The minimum atomic E-state index is 0. The molecule has 0 aliphatic heterocycles. The van der Waals surface area contributed by atoms with Crippen molar-refractivity contribution in [2.24, 2.45) is 0 Å². The first kappa shape index (κ1) is 383. The van der Waals surface area contributed by atoms with Gasteiger partial charge in [0, 0.05) is 34.1 Å². The summed E-state index contributed by atoms with van der Waals surface area (Å²) in [4.78, 5) is 0. The zero-order chi connectivity index (χ0) is 0. The summed E-state index contributed by atoms with van der Waals surface area (Å²) >= 11 is 0. The molecule has 8 nitrogen and oxygen atoms in total. The van der Waals surface area contributed by atoms with Gasteiger partial charge in [0.1, 0.15) is 0 Å². The van der Waals surface area contributed by atoms with E-state index < -0.39 is 0 Å². The molecule has 14 N–H and O–H groups in total. The van der Waals surface area contributed by atoms with Crippen LogP contribution in [0.15, 0.2) is 0 Å². The van der Waals surface area contributed by atoms with Gasteiger partial charge in [-0.3, -0.25) is 0 Å². The molecular weight excluding hydrogens is 375 g/mol. The summed E-state index contributed by atoms with van der Waals surface area (Å²) in [6.07, 6.45) is 0. The van der Waals surface area contributed by atoms with Crippen LogP contribution in [-0.4, -0.2) is 92.7 Å². The molecule has 0 bridgehead atoms. The van der Waals surface area contributed by atoms with E-state index >= 15 is 0 Å². The fraction of sp³-hybridized carbons (Fsp3) is 0. The monoisotopic (exact) mass is 390 g/mol. The maximum absolute atomic E-state index is 0. The summed E-state index contributed by atoms with van der Waals surface area (Å²) < 4.78 is 0. The topological polar surface area (TPSA) is 249 Å². The Hall–Kier alpha value is 2.29. The Morgan fingerprint density at radius 1 is 0.364 bits per heavy atom. The van der Waals surface area contributed by atoms with E-state index in [0.29, 0.717) is 0 Å². The summed E-state index contributed by atoms with van der Waals surface area (Å²) in [5.74, 6) is 0. The van der Waals surface area contributed by atoms with Crippen molar-refractivity contribution in [3.05, 3.63) is 0 Å². The van der Waals surface area contributed by atoms with Gasteiger partial charge in [-0.05, 0) is 0 Å². The third-order valence-electron chi connectivity index (χ3n) is 0. The minimum absolute atomic E-state index is 0. The van der Waals surface area contributed by atoms with Crippen LogP contribution in [0.2, 0.25) is 0 Å². The second kappa shape index (κ2) is 299. The number of hydrogen-bond acceptors (Lipinski definition) is 2. The Kier molecular flexibility index (Phi) is 10400. The van der Waals surface area contributed by atoms with E-state index in [1.165, 1.54) is 0 Å². The van der Waals surface area contributed by atoms with Crippen LogP contribution in [0.4, 0.5) is 0 Å². The van der Waals surface area contributed by atoms with Crippen LogP contribution in [0.5, 0.6) is 0 Å². The van der Waals surface area contributed by atoms with Crippen LogP contribution < -0.4 is 0 Å². The van der Waals surface area contributed by atoms with Gasteiger partial charge in [0.05, 0.1) is 0 Å². The molecule has 0 atom stereocenters. The molecule has 0 amide bonds. The Labute approximate surface area is 125 Å². The summed E-state index contributed by atoms with van der Waals surface area (Å²) in [5, 5.41) is 0. The quantitative estimate of drug-likeness (QED) is 0.367. The van der Waals surface area contributed by atoms with Crippen LogP contribution in [0.25, 0.3) is 0 Å². The number of hydrogen-bond donors (Lipinski definition) is 0. The Balaban J connectivity index is 0. The van der Waals surface area contributed by atoms with Crippen molar-refractivity contribution < 1.29 is 77.9 Å². The predicted molar refractivity (Wildman–Crippen MR) is 31.3 cm³/mol. The fourth-order valence-corrected chi connectivity index (χ4v) is 0. The Morgan fingerprint density at radius 3 is 0.364 bits per heavy atom. The van der Waals surface area contributed by atoms with Gasteiger partial charge in [-0.15, -0.1) is 0 Å². The molecule has 11 heteroatoms. The Morgan fingerprint density at radius 2 is 0.364 bits per heavy atom. The molecule has 0 unspecified atom stereocenters. The van der Waals surface area contributed by atoms with Gasteiger partial charge in [0.2, 0.25) is 0 Å². The first-order valence-corrected chi connectivity index (χ1v) is 0.